The molecule has 0 bridgehead atoms. The van der Waals surface area contributed by atoms with Crippen LogP contribution < -0.4 is 16.0 Å². The molecule has 0 aromatic rings. The van der Waals surface area contributed by atoms with Crippen molar-refractivity contribution in [3.8, 4) is 0 Å². The fraction of sp³-hybridized carbons (Fsp3) is 0.786. The molecular weight excluding hydrogens is 274 g/mol. The molecule has 0 aromatic heterocycles. The lowest BCUT2D eigenvalue weighted by Gasteiger charge is -2.38. The second-order valence-electron chi connectivity index (χ2n) is 6.50. The van der Waals surface area contributed by atoms with Gasteiger partial charge < -0.3 is 21.1 Å². The lowest BCUT2D eigenvalue weighted by Crippen LogP contribution is -2.59. The minimum atomic E-state index is -1.11. The third-order valence-corrected chi connectivity index (χ3v) is 4.18. The Bertz CT molecular complexity index is 428. The van der Waals surface area contributed by atoms with Gasteiger partial charge >= 0.3 is 12.0 Å². The first kappa shape index (κ1) is 17.3. The zero-order valence-corrected chi connectivity index (χ0v) is 13.1. The van der Waals surface area contributed by atoms with Crippen LogP contribution >= 0.6 is 0 Å². The first-order valence-electron chi connectivity index (χ1n) is 7.15. The molecule has 21 heavy (non-hydrogen) atoms. The van der Waals surface area contributed by atoms with Crippen LogP contribution in [0, 0.1) is 11.3 Å². The first-order valence-corrected chi connectivity index (χ1v) is 7.15. The van der Waals surface area contributed by atoms with Crippen LogP contribution in [0.15, 0.2) is 0 Å². The summed E-state index contributed by atoms with van der Waals surface area (Å²) in [4.78, 5) is 34.4. The average molecular weight is 299 g/mol. The van der Waals surface area contributed by atoms with E-state index in [2.05, 4.69) is 16.0 Å². The van der Waals surface area contributed by atoms with E-state index in [4.69, 9.17) is 0 Å². The van der Waals surface area contributed by atoms with Gasteiger partial charge in [0.25, 0.3) is 0 Å². The molecule has 0 aromatic carbocycles. The Morgan fingerprint density at radius 1 is 1.05 bits per heavy atom. The number of amides is 3. The van der Waals surface area contributed by atoms with E-state index in [1.165, 1.54) is 0 Å². The van der Waals surface area contributed by atoms with Crippen LogP contribution in [0.2, 0.25) is 0 Å². The van der Waals surface area contributed by atoms with E-state index in [0.29, 0.717) is 13.1 Å². The van der Waals surface area contributed by atoms with Crippen LogP contribution in [0.5, 0.6) is 0 Å². The van der Waals surface area contributed by atoms with Gasteiger partial charge in [-0.2, -0.15) is 0 Å². The summed E-state index contributed by atoms with van der Waals surface area (Å²) in [6, 6.07) is -0.449. The van der Waals surface area contributed by atoms with E-state index < -0.39 is 23.0 Å². The van der Waals surface area contributed by atoms with Crippen molar-refractivity contribution in [1.82, 2.24) is 16.0 Å². The third-order valence-electron chi connectivity index (χ3n) is 4.18. The van der Waals surface area contributed by atoms with Gasteiger partial charge in [0.2, 0.25) is 5.91 Å². The Morgan fingerprint density at radius 3 is 2.05 bits per heavy atom. The molecule has 7 heteroatoms. The van der Waals surface area contributed by atoms with Crippen LogP contribution in [0.4, 0.5) is 4.79 Å². The summed E-state index contributed by atoms with van der Waals surface area (Å²) in [5.41, 5.74) is -2.02. The standard InChI is InChI=1S/C14H25N3O4/c1-13(2,11(19)20)14(3,4)17-12(21)16-8-7-15-10(18)9-5-6-9/h9H,5-8H2,1-4H3,(H,15,18)(H,19,20)(H2,16,17,21). The molecular formula is C14H25N3O4. The van der Waals surface area contributed by atoms with Crippen LogP contribution in [-0.4, -0.2) is 41.6 Å². The fourth-order valence-corrected chi connectivity index (χ4v) is 1.60. The molecule has 0 aliphatic heterocycles. The summed E-state index contributed by atoms with van der Waals surface area (Å²) in [5, 5.41) is 17.2. The molecule has 1 rings (SSSR count). The van der Waals surface area contributed by atoms with Gasteiger partial charge in [-0.1, -0.05) is 0 Å². The highest BCUT2D eigenvalue weighted by molar-refractivity contribution is 5.81. The van der Waals surface area contributed by atoms with Crippen molar-refractivity contribution >= 4 is 17.9 Å². The largest absolute Gasteiger partial charge is 0.481 e. The number of carbonyl (C=O) groups excluding carboxylic acids is 2. The Balaban J connectivity index is 2.31. The maximum absolute atomic E-state index is 11.8. The molecule has 0 saturated heterocycles. The van der Waals surface area contributed by atoms with Crippen molar-refractivity contribution < 1.29 is 19.5 Å². The zero-order chi connectivity index (χ0) is 16.3. The van der Waals surface area contributed by atoms with E-state index in [-0.39, 0.29) is 11.8 Å². The predicted molar refractivity (Wildman–Crippen MR) is 77.8 cm³/mol. The maximum atomic E-state index is 11.8. The maximum Gasteiger partial charge on any atom is 0.315 e. The van der Waals surface area contributed by atoms with Crippen molar-refractivity contribution in [2.45, 2.75) is 46.1 Å². The molecule has 0 spiro atoms. The molecule has 0 heterocycles. The molecule has 1 fully saturated rings. The number of nitrogens with one attached hydrogen (secondary N) is 3. The van der Waals surface area contributed by atoms with Gasteiger partial charge in [0, 0.05) is 19.0 Å². The van der Waals surface area contributed by atoms with Gasteiger partial charge in [0.1, 0.15) is 0 Å². The topological polar surface area (TPSA) is 108 Å². The summed E-state index contributed by atoms with van der Waals surface area (Å²) >= 11 is 0. The number of carbonyl (C=O) groups is 3. The third kappa shape index (κ3) is 4.61. The van der Waals surface area contributed by atoms with Gasteiger partial charge in [-0.25, -0.2) is 4.79 Å². The molecule has 0 unspecified atom stereocenters. The average Bonchev–Trinajstić information content (AvgIpc) is 3.17. The minimum absolute atomic E-state index is 0.0320. The van der Waals surface area contributed by atoms with Gasteiger partial charge in [-0.3, -0.25) is 9.59 Å². The molecule has 0 atom stereocenters. The van der Waals surface area contributed by atoms with E-state index in [1.807, 2.05) is 0 Å². The Kier molecular flexibility index (Phi) is 5.20. The van der Waals surface area contributed by atoms with Gasteiger partial charge in [0.05, 0.1) is 11.0 Å². The summed E-state index contributed by atoms with van der Waals surface area (Å²) in [7, 11) is 0. The smallest absolute Gasteiger partial charge is 0.315 e. The van der Waals surface area contributed by atoms with Crippen LogP contribution in [0.1, 0.15) is 40.5 Å². The SMILES string of the molecule is CC(C)(NC(=O)NCCNC(=O)C1CC1)C(C)(C)C(=O)O. The van der Waals surface area contributed by atoms with Crippen molar-refractivity contribution in [3.05, 3.63) is 0 Å². The lowest BCUT2D eigenvalue weighted by atomic mass is 9.74. The van der Waals surface area contributed by atoms with E-state index >= 15 is 0 Å². The van der Waals surface area contributed by atoms with Gasteiger partial charge in [-0.15, -0.1) is 0 Å². The number of rotatable bonds is 7. The Labute approximate surface area is 124 Å². The van der Waals surface area contributed by atoms with Crippen LogP contribution in [-0.2, 0) is 9.59 Å². The van der Waals surface area contributed by atoms with E-state index in [1.54, 1.807) is 27.7 Å². The fourth-order valence-electron chi connectivity index (χ4n) is 1.60. The first-order chi connectivity index (χ1) is 9.58. The van der Waals surface area contributed by atoms with E-state index in [9.17, 15) is 19.5 Å². The van der Waals surface area contributed by atoms with Gasteiger partial charge in [0.15, 0.2) is 0 Å². The molecule has 1 saturated carbocycles. The van der Waals surface area contributed by atoms with E-state index in [0.717, 1.165) is 12.8 Å². The highest BCUT2D eigenvalue weighted by atomic mass is 16.4. The summed E-state index contributed by atoms with van der Waals surface area (Å²) in [6.07, 6.45) is 1.89. The number of urea groups is 1. The van der Waals surface area contributed by atoms with Crippen LogP contribution in [0.3, 0.4) is 0 Å². The van der Waals surface area contributed by atoms with Crippen molar-refractivity contribution in [2.24, 2.45) is 11.3 Å². The summed E-state index contributed by atoms with van der Waals surface area (Å²) < 4.78 is 0. The zero-order valence-electron chi connectivity index (χ0n) is 13.1. The monoisotopic (exact) mass is 299 g/mol. The number of hydrogen-bond donors (Lipinski definition) is 4. The highest BCUT2D eigenvalue weighted by Gasteiger charge is 2.44. The summed E-state index contributed by atoms with van der Waals surface area (Å²) in [6.45, 7) is 7.11. The number of carboxylic acid groups (broad SMARTS) is 1. The highest BCUT2D eigenvalue weighted by Crippen LogP contribution is 2.30. The number of carboxylic acids is 1. The van der Waals surface area contributed by atoms with Gasteiger partial charge in [-0.05, 0) is 40.5 Å². The molecule has 120 valence electrons. The minimum Gasteiger partial charge on any atom is -0.481 e. The lowest BCUT2D eigenvalue weighted by molar-refractivity contribution is -0.150. The molecule has 7 nitrogen and oxygen atoms in total. The molecule has 0 radical (unpaired) electrons. The molecule has 4 N–H and O–H groups in total. The normalized spacial score (nSPS) is 15.2. The Morgan fingerprint density at radius 2 is 1.57 bits per heavy atom. The molecule has 3 amide bonds. The predicted octanol–water partition coefficient (Wildman–Crippen LogP) is 0.701. The quantitative estimate of drug-likeness (QED) is 0.519. The second kappa shape index (κ2) is 6.32. The van der Waals surface area contributed by atoms with Crippen LogP contribution in [0.25, 0.3) is 0 Å². The summed E-state index contributed by atoms with van der Waals surface area (Å²) in [5.74, 6) is -0.803. The molecule has 1 aliphatic rings. The Hall–Kier alpha value is -1.79. The van der Waals surface area contributed by atoms with Crippen molar-refractivity contribution in [3.63, 3.8) is 0 Å². The second-order valence-corrected chi connectivity index (χ2v) is 6.50. The number of aliphatic carboxylic acids is 1. The number of hydrogen-bond acceptors (Lipinski definition) is 3. The van der Waals surface area contributed by atoms with Crippen molar-refractivity contribution in [2.75, 3.05) is 13.1 Å². The molecule has 1 aliphatic carbocycles. The van der Waals surface area contributed by atoms with Crippen molar-refractivity contribution in [1.29, 1.82) is 0 Å².